The quantitative estimate of drug-likeness (QED) is 0.515. The van der Waals surface area contributed by atoms with Crippen LogP contribution in [-0.2, 0) is 0 Å². The van der Waals surface area contributed by atoms with Crippen LogP contribution in [-0.4, -0.2) is 23.5 Å². The van der Waals surface area contributed by atoms with E-state index in [1.54, 1.807) is 0 Å². The maximum absolute atomic E-state index is 2.89. The number of piperidine rings is 2. The molecule has 0 aromatic rings. The monoisotopic (exact) mass is 265 g/mol. The van der Waals surface area contributed by atoms with Gasteiger partial charge in [-0.05, 0) is 44.4 Å². The largest absolute Gasteiger partial charge is 0.297 e. The first-order valence-corrected chi connectivity index (χ1v) is 8.93. The molecule has 3 rings (SSSR count). The SMILES string of the molecule is CCCCCCC(C)(CCCC)N1CC2CC(C2)C1. The molecule has 2 heterocycles. The highest BCUT2D eigenvalue weighted by atomic mass is 15.2. The van der Waals surface area contributed by atoms with Gasteiger partial charge < -0.3 is 0 Å². The number of rotatable bonds is 9. The molecule has 112 valence electrons. The third-order valence-corrected chi connectivity index (χ3v) is 5.69. The highest BCUT2D eigenvalue weighted by Gasteiger charge is 2.43. The van der Waals surface area contributed by atoms with Crippen LogP contribution in [0.1, 0.15) is 85.0 Å². The van der Waals surface area contributed by atoms with Gasteiger partial charge in [0.2, 0.25) is 0 Å². The fraction of sp³-hybridized carbons (Fsp3) is 1.00. The fourth-order valence-electron chi connectivity index (χ4n) is 4.24. The smallest absolute Gasteiger partial charge is 0.0181 e. The van der Waals surface area contributed by atoms with Gasteiger partial charge in [0.05, 0.1) is 0 Å². The summed E-state index contributed by atoms with van der Waals surface area (Å²) in [5.74, 6) is 2.10. The van der Waals surface area contributed by atoms with Crippen molar-refractivity contribution in [3.8, 4) is 0 Å². The second-order valence-electron chi connectivity index (χ2n) is 7.52. The van der Waals surface area contributed by atoms with E-state index in [-0.39, 0.29) is 0 Å². The standard InChI is InChI=1S/C18H35N/c1-4-6-8-9-11-18(3,10-7-5-2)19-14-16-12-17(13-16)15-19/h16-17H,4-15H2,1-3H3. The van der Waals surface area contributed by atoms with E-state index in [9.17, 15) is 0 Å². The number of unbranched alkanes of at least 4 members (excludes halogenated alkanes) is 4. The zero-order valence-electron chi connectivity index (χ0n) is 13.6. The van der Waals surface area contributed by atoms with Crippen molar-refractivity contribution < 1.29 is 0 Å². The van der Waals surface area contributed by atoms with Gasteiger partial charge in [0, 0.05) is 18.6 Å². The van der Waals surface area contributed by atoms with Crippen LogP contribution in [0.3, 0.4) is 0 Å². The maximum atomic E-state index is 2.89. The molecule has 2 bridgehead atoms. The first-order chi connectivity index (χ1) is 9.18. The zero-order chi connectivity index (χ0) is 13.7. The average molecular weight is 265 g/mol. The zero-order valence-corrected chi connectivity index (χ0v) is 13.6. The molecule has 2 aliphatic heterocycles. The van der Waals surface area contributed by atoms with Crippen LogP contribution in [0.5, 0.6) is 0 Å². The highest BCUT2D eigenvalue weighted by molar-refractivity contribution is 4.97. The lowest BCUT2D eigenvalue weighted by Gasteiger charge is -2.54. The molecule has 0 aromatic heterocycles. The molecule has 1 heteroatoms. The minimum Gasteiger partial charge on any atom is -0.297 e. The van der Waals surface area contributed by atoms with E-state index in [4.69, 9.17) is 0 Å². The van der Waals surface area contributed by atoms with E-state index in [0.717, 1.165) is 11.8 Å². The topological polar surface area (TPSA) is 3.24 Å². The van der Waals surface area contributed by atoms with Crippen molar-refractivity contribution in [3.63, 3.8) is 0 Å². The number of fused-ring (bicyclic) bond motifs is 2. The lowest BCUT2D eigenvalue weighted by molar-refractivity contribution is -0.0439. The first-order valence-electron chi connectivity index (χ1n) is 8.93. The molecule has 1 aliphatic carbocycles. The molecule has 0 amide bonds. The van der Waals surface area contributed by atoms with Crippen LogP contribution in [0.2, 0.25) is 0 Å². The minimum absolute atomic E-state index is 0.515. The van der Waals surface area contributed by atoms with Gasteiger partial charge >= 0.3 is 0 Å². The Morgan fingerprint density at radius 3 is 2.00 bits per heavy atom. The Morgan fingerprint density at radius 1 is 0.842 bits per heavy atom. The van der Waals surface area contributed by atoms with E-state index in [0.29, 0.717) is 5.54 Å². The van der Waals surface area contributed by atoms with Crippen molar-refractivity contribution in [1.29, 1.82) is 0 Å². The Hall–Kier alpha value is -0.0400. The van der Waals surface area contributed by atoms with E-state index in [2.05, 4.69) is 25.7 Å². The first kappa shape index (κ1) is 15.4. The average Bonchev–Trinajstić information content (AvgIpc) is 2.41. The van der Waals surface area contributed by atoms with Gasteiger partial charge in [-0.2, -0.15) is 0 Å². The molecule has 0 radical (unpaired) electrons. The molecule has 19 heavy (non-hydrogen) atoms. The second kappa shape index (κ2) is 7.11. The lowest BCUT2D eigenvalue weighted by Crippen LogP contribution is -2.57. The molecule has 0 N–H and O–H groups in total. The molecule has 1 nitrogen and oxygen atoms in total. The molecule has 3 fully saturated rings. The van der Waals surface area contributed by atoms with Crippen molar-refractivity contribution in [2.24, 2.45) is 11.8 Å². The summed E-state index contributed by atoms with van der Waals surface area (Å²) in [6.45, 7) is 10.0. The lowest BCUT2D eigenvalue weighted by atomic mass is 9.69. The van der Waals surface area contributed by atoms with Gasteiger partial charge in [0.25, 0.3) is 0 Å². The summed E-state index contributed by atoms with van der Waals surface area (Å²) in [5, 5.41) is 0. The predicted octanol–water partition coefficient (Wildman–Crippen LogP) is 5.25. The normalized spacial score (nSPS) is 29.8. The molecule has 3 aliphatic rings. The van der Waals surface area contributed by atoms with Crippen molar-refractivity contribution in [2.45, 2.75) is 90.5 Å². The van der Waals surface area contributed by atoms with Gasteiger partial charge in [0.15, 0.2) is 0 Å². The van der Waals surface area contributed by atoms with Gasteiger partial charge in [-0.3, -0.25) is 4.90 Å². The molecular weight excluding hydrogens is 230 g/mol. The van der Waals surface area contributed by atoms with Gasteiger partial charge in [-0.15, -0.1) is 0 Å². The summed E-state index contributed by atoms with van der Waals surface area (Å²) in [5.41, 5.74) is 0.515. The number of hydrogen-bond acceptors (Lipinski definition) is 1. The second-order valence-corrected chi connectivity index (χ2v) is 7.52. The molecular formula is C18H35N. The van der Waals surface area contributed by atoms with Gasteiger partial charge in [-0.1, -0.05) is 52.4 Å². The van der Waals surface area contributed by atoms with Crippen LogP contribution < -0.4 is 0 Å². The Bertz CT molecular complexity index is 246. The Labute approximate surface area is 121 Å². The van der Waals surface area contributed by atoms with E-state index in [1.165, 1.54) is 77.3 Å². The molecule has 1 atom stereocenters. The van der Waals surface area contributed by atoms with Gasteiger partial charge in [0.1, 0.15) is 0 Å². The summed E-state index contributed by atoms with van der Waals surface area (Å²) in [6.07, 6.45) is 14.4. The minimum atomic E-state index is 0.515. The Kier molecular flexibility index (Phi) is 5.74. The third-order valence-electron chi connectivity index (χ3n) is 5.69. The molecule has 0 aromatic carbocycles. The summed E-state index contributed by atoms with van der Waals surface area (Å²) in [7, 11) is 0. The van der Waals surface area contributed by atoms with Crippen molar-refractivity contribution in [3.05, 3.63) is 0 Å². The molecule has 0 spiro atoms. The Morgan fingerprint density at radius 2 is 1.42 bits per heavy atom. The molecule has 1 saturated carbocycles. The third kappa shape index (κ3) is 3.97. The summed E-state index contributed by atoms with van der Waals surface area (Å²) >= 11 is 0. The maximum Gasteiger partial charge on any atom is 0.0181 e. The summed E-state index contributed by atoms with van der Waals surface area (Å²) in [4.78, 5) is 2.89. The van der Waals surface area contributed by atoms with Crippen LogP contribution in [0.4, 0.5) is 0 Å². The predicted molar refractivity (Wildman–Crippen MR) is 84.5 cm³/mol. The van der Waals surface area contributed by atoms with Crippen LogP contribution in [0.25, 0.3) is 0 Å². The van der Waals surface area contributed by atoms with Gasteiger partial charge in [-0.25, -0.2) is 0 Å². The van der Waals surface area contributed by atoms with Crippen molar-refractivity contribution >= 4 is 0 Å². The Balaban J connectivity index is 1.85. The van der Waals surface area contributed by atoms with Crippen molar-refractivity contribution in [1.82, 2.24) is 4.90 Å². The highest BCUT2D eigenvalue weighted by Crippen LogP contribution is 2.43. The number of hydrogen-bond donors (Lipinski definition) is 0. The van der Waals surface area contributed by atoms with Crippen LogP contribution in [0, 0.1) is 11.8 Å². The molecule has 1 unspecified atom stereocenters. The van der Waals surface area contributed by atoms with E-state index < -0.39 is 0 Å². The number of nitrogens with zero attached hydrogens (tertiary/aromatic N) is 1. The summed E-state index contributed by atoms with van der Waals surface area (Å²) in [6, 6.07) is 0. The van der Waals surface area contributed by atoms with Crippen LogP contribution in [0.15, 0.2) is 0 Å². The van der Waals surface area contributed by atoms with E-state index >= 15 is 0 Å². The van der Waals surface area contributed by atoms with Crippen LogP contribution >= 0.6 is 0 Å². The summed E-state index contributed by atoms with van der Waals surface area (Å²) < 4.78 is 0. The molecule has 2 saturated heterocycles. The fourth-order valence-corrected chi connectivity index (χ4v) is 4.24. The van der Waals surface area contributed by atoms with Crippen molar-refractivity contribution in [2.75, 3.05) is 13.1 Å². The van der Waals surface area contributed by atoms with E-state index in [1.807, 2.05) is 0 Å².